The molecule has 0 amide bonds. The lowest BCUT2D eigenvalue weighted by Gasteiger charge is -2.13. The highest BCUT2D eigenvalue weighted by molar-refractivity contribution is 6.03. The van der Waals surface area contributed by atoms with Gasteiger partial charge in [0.15, 0.2) is 0 Å². The number of fused-ring (bicyclic) bond motifs is 1. The Morgan fingerprint density at radius 2 is 1.61 bits per heavy atom. The maximum Gasteiger partial charge on any atom is 0.417 e. The molecule has 0 saturated carbocycles. The van der Waals surface area contributed by atoms with Crippen molar-refractivity contribution >= 4 is 22.8 Å². The van der Waals surface area contributed by atoms with Gasteiger partial charge in [-0.05, 0) is 17.7 Å². The van der Waals surface area contributed by atoms with E-state index >= 15 is 0 Å². The van der Waals surface area contributed by atoms with Crippen molar-refractivity contribution in [1.82, 2.24) is 4.98 Å². The summed E-state index contributed by atoms with van der Waals surface area (Å²) in [6, 6.07) is 15.5. The van der Waals surface area contributed by atoms with Gasteiger partial charge in [0.1, 0.15) is 6.29 Å². The zero-order valence-electron chi connectivity index (χ0n) is 11.9. The summed E-state index contributed by atoms with van der Waals surface area (Å²) in [6.45, 7) is 0. The number of nitrogens with one attached hydrogen (secondary N) is 1. The van der Waals surface area contributed by atoms with Gasteiger partial charge >= 0.3 is 6.18 Å². The Kier molecular flexibility index (Phi) is 3.78. The second-order valence-electron chi connectivity index (χ2n) is 5.00. The molecule has 0 saturated heterocycles. The minimum atomic E-state index is -4.63. The van der Waals surface area contributed by atoms with Crippen LogP contribution >= 0.6 is 0 Å². The molecule has 23 heavy (non-hydrogen) atoms. The van der Waals surface area contributed by atoms with Crippen LogP contribution < -0.4 is 0 Å². The Balaban J connectivity index is 2.38. The molecule has 0 atom stereocenters. The van der Waals surface area contributed by atoms with Crippen LogP contribution in [0.4, 0.5) is 13.2 Å². The quantitative estimate of drug-likeness (QED) is 0.536. The Morgan fingerprint density at radius 3 is 2.26 bits per heavy atom. The van der Waals surface area contributed by atoms with E-state index in [2.05, 4.69) is 4.98 Å². The molecule has 2 nitrogen and oxygen atoms in total. The summed E-state index contributed by atoms with van der Waals surface area (Å²) in [7, 11) is 0. The first kappa shape index (κ1) is 15.1. The average molecular weight is 315 g/mol. The second-order valence-corrected chi connectivity index (χ2v) is 5.00. The summed E-state index contributed by atoms with van der Waals surface area (Å²) in [6.07, 6.45) is -3.89. The fourth-order valence-corrected chi connectivity index (χ4v) is 2.63. The van der Waals surface area contributed by atoms with Gasteiger partial charge in [-0.15, -0.1) is 0 Å². The lowest BCUT2D eigenvalue weighted by atomic mass is 9.97. The molecule has 5 heteroatoms. The zero-order valence-corrected chi connectivity index (χ0v) is 11.9. The fourth-order valence-electron chi connectivity index (χ4n) is 2.63. The number of alkyl halides is 3. The molecule has 3 rings (SSSR count). The van der Waals surface area contributed by atoms with E-state index in [1.165, 1.54) is 0 Å². The summed E-state index contributed by atoms with van der Waals surface area (Å²) >= 11 is 0. The normalized spacial score (nSPS) is 12.6. The van der Waals surface area contributed by atoms with E-state index in [9.17, 15) is 18.0 Å². The highest BCUT2D eigenvalue weighted by Crippen LogP contribution is 2.42. The first-order chi connectivity index (χ1) is 11.0. The Bertz CT molecular complexity index is 876. The summed E-state index contributed by atoms with van der Waals surface area (Å²) < 4.78 is 40.4. The second kappa shape index (κ2) is 5.76. The van der Waals surface area contributed by atoms with Crippen LogP contribution in [0.2, 0.25) is 0 Å². The number of aromatic nitrogens is 1. The van der Waals surface area contributed by atoms with E-state index < -0.39 is 11.7 Å². The molecule has 0 spiro atoms. The van der Waals surface area contributed by atoms with Gasteiger partial charge < -0.3 is 4.98 Å². The zero-order chi connectivity index (χ0) is 16.4. The van der Waals surface area contributed by atoms with Gasteiger partial charge in [-0.3, -0.25) is 4.79 Å². The highest BCUT2D eigenvalue weighted by atomic mass is 19.4. The maximum atomic E-state index is 13.5. The molecule has 1 N–H and O–H groups in total. The molecule has 2 aromatic carbocycles. The molecule has 0 bridgehead atoms. The van der Waals surface area contributed by atoms with Crippen LogP contribution in [0.15, 0.2) is 60.7 Å². The van der Waals surface area contributed by atoms with E-state index in [-0.39, 0.29) is 11.8 Å². The smallest absolute Gasteiger partial charge is 0.354 e. The van der Waals surface area contributed by atoms with Gasteiger partial charge in [0.05, 0.1) is 11.3 Å². The van der Waals surface area contributed by atoms with E-state index in [1.54, 1.807) is 54.6 Å². The number of hydrogen-bond acceptors (Lipinski definition) is 1. The Labute approximate surface area is 130 Å². The summed E-state index contributed by atoms with van der Waals surface area (Å²) in [5, 5.41) is 0.428. The van der Waals surface area contributed by atoms with Gasteiger partial charge in [0, 0.05) is 16.5 Å². The van der Waals surface area contributed by atoms with Crippen molar-refractivity contribution in [2.75, 3.05) is 0 Å². The van der Waals surface area contributed by atoms with Crippen molar-refractivity contribution in [3.8, 4) is 11.3 Å². The van der Waals surface area contributed by atoms with Gasteiger partial charge in [-0.1, -0.05) is 48.5 Å². The van der Waals surface area contributed by atoms with E-state index in [0.717, 1.165) is 0 Å². The third-order valence-electron chi connectivity index (χ3n) is 3.58. The average Bonchev–Trinajstić information content (AvgIpc) is 2.91. The van der Waals surface area contributed by atoms with Crippen molar-refractivity contribution in [2.24, 2.45) is 0 Å². The third kappa shape index (κ3) is 2.77. The van der Waals surface area contributed by atoms with Crippen LogP contribution in [-0.4, -0.2) is 17.4 Å². The number of carbonyl (C=O) groups excluding carboxylic acids is 1. The lowest BCUT2D eigenvalue weighted by molar-refractivity contribution is -0.104. The Morgan fingerprint density at radius 1 is 0.957 bits per heavy atom. The molecule has 0 aliphatic carbocycles. The number of aromatic amines is 1. The largest absolute Gasteiger partial charge is 0.417 e. The van der Waals surface area contributed by atoms with Crippen molar-refractivity contribution in [1.29, 1.82) is 0 Å². The van der Waals surface area contributed by atoms with Gasteiger partial charge in [0.2, 0.25) is 0 Å². The fraction of sp³-hybridized carbons (Fsp3) is 0.0556. The molecule has 3 aromatic rings. The Hall–Kier alpha value is -2.82. The molecule has 0 aliphatic heterocycles. The molecular formula is C18H12F3NO. The molecule has 0 aliphatic rings. The van der Waals surface area contributed by atoms with Crippen molar-refractivity contribution < 1.29 is 18.0 Å². The van der Waals surface area contributed by atoms with Crippen LogP contribution in [0, 0.1) is 0 Å². The third-order valence-corrected chi connectivity index (χ3v) is 3.58. The molecular weight excluding hydrogens is 303 g/mol. The number of aldehydes is 1. The van der Waals surface area contributed by atoms with Crippen molar-refractivity contribution in [3.63, 3.8) is 0 Å². The molecule has 0 fully saturated rings. The number of carbonyl (C=O) groups is 1. The van der Waals surface area contributed by atoms with Gasteiger partial charge in [-0.25, -0.2) is 0 Å². The predicted octanol–water partition coefficient (Wildman–Crippen LogP) is 4.98. The van der Waals surface area contributed by atoms with Crippen molar-refractivity contribution in [2.45, 2.75) is 6.18 Å². The number of para-hydroxylation sites is 1. The van der Waals surface area contributed by atoms with E-state index in [0.29, 0.717) is 28.2 Å². The number of hydrogen-bond donors (Lipinski definition) is 1. The minimum absolute atomic E-state index is 0.00796. The number of allylic oxidation sites excluding steroid dienone is 2. The first-order valence-corrected chi connectivity index (χ1v) is 6.91. The van der Waals surface area contributed by atoms with Crippen molar-refractivity contribution in [3.05, 3.63) is 66.2 Å². The van der Waals surface area contributed by atoms with Gasteiger partial charge in [-0.2, -0.15) is 13.2 Å². The topological polar surface area (TPSA) is 32.9 Å². The standard InChI is InChI=1S/C18H12F3NO/c19-18(20,21)14(10-11-23)16-13-8-4-5-9-15(13)22-17(16)12-6-2-1-3-7-12/h1-11,22H/b14-10+. The van der Waals surface area contributed by atoms with E-state index in [1.807, 2.05) is 0 Å². The SMILES string of the molecule is O=C/C=C(\c1c(-c2ccccc2)[nH]c2ccccc12)C(F)(F)F. The summed E-state index contributed by atoms with van der Waals surface area (Å²) in [4.78, 5) is 13.8. The number of rotatable bonds is 3. The van der Waals surface area contributed by atoms with Crippen LogP contribution in [0.3, 0.4) is 0 Å². The number of benzene rings is 2. The summed E-state index contributed by atoms with van der Waals surface area (Å²) in [5.74, 6) is 0. The molecule has 0 unspecified atom stereocenters. The summed E-state index contributed by atoms with van der Waals surface area (Å²) in [5.41, 5.74) is 0.592. The molecule has 116 valence electrons. The van der Waals surface area contributed by atoms with Crippen LogP contribution in [0.25, 0.3) is 27.7 Å². The first-order valence-electron chi connectivity index (χ1n) is 6.91. The lowest BCUT2D eigenvalue weighted by Crippen LogP contribution is -2.11. The monoisotopic (exact) mass is 315 g/mol. The minimum Gasteiger partial charge on any atom is -0.354 e. The number of H-pyrrole nitrogens is 1. The van der Waals surface area contributed by atoms with Crippen LogP contribution in [-0.2, 0) is 4.79 Å². The van der Waals surface area contributed by atoms with Gasteiger partial charge in [0.25, 0.3) is 0 Å². The molecule has 1 aromatic heterocycles. The van der Waals surface area contributed by atoms with Crippen LogP contribution in [0.1, 0.15) is 5.56 Å². The predicted molar refractivity (Wildman–Crippen MR) is 83.8 cm³/mol. The number of halogens is 3. The highest BCUT2D eigenvalue weighted by Gasteiger charge is 2.37. The molecule has 1 heterocycles. The molecule has 0 radical (unpaired) electrons. The van der Waals surface area contributed by atoms with Crippen LogP contribution in [0.5, 0.6) is 0 Å². The maximum absolute atomic E-state index is 13.5. The van der Waals surface area contributed by atoms with E-state index in [4.69, 9.17) is 0 Å².